The molecule has 154 valence electrons. The van der Waals surface area contributed by atoms with Crippen molar-refractivity contribution in [3.8, 4) is 0 Å². The van der Waals surface area contributed by atoms with Crippen molar-refractivity contribution in [1.29, 1.82) is 0 Å². The van der Waals surface area contributed by atoms with Crippen molar-refractivity contribution in [2.75, 3.05) is 73.0 Å². The zero-order chi connectivity index (χ0) is 18.1. The second-order valence-electron chi connectivity index (χ2n) is 7.95. The molecule has 2 fully saturated rings. The predicted molar refractivity (Wildman–Crippen MR) is 123 cm³/mol. The van der Waals surface area contributed by atoms with Crippen LogP contribution in [0.5, 0.6) is 0 Å². The fourth-order valence-corrected chi connectivity index (χ4v) is 3.65. The Kier molecular flexibility index (Phi) is 12.1. The van der Waals surface area contributed by atoms with Crippen molar-refractivity contribution >= 4 is 29.9 Å². The molecule has 0 spiro atoms. The van der Waals surface area contributed by atoms with E-state index in [-0.39, 0.29) is 24.0 Å². The quantitative estimate of drug-likeness (QED) is 0.251. The summed E-state index contributed by atoms with van der Waals surface area (Å²) >= 11 is 0. The molecular weight excluding hydrogens is 439 g/mol. The molecule has 6 nitrogen and oxygen atoms in total. The zero-order valence-corrected chi connectivity index (χ0v) is 19.7. The summed E-state index contributed by atoms with van der Waals surface area (Å²) in [6.45, 7) is 15.1. The molecule has 0 aromatic heterocycles. The number of piperazine rings is 1. The van der Waals surface area contributed by atoms with Crippen molar-refractivity contribution in [2.45, 2.75) is 39.2 Å². The minimum Gasteiger partial charge on any atom is -0.356 e. The van der Waals surface area contributed by atoms with Crippen LogP contribution in [0.3, 0.4) is 0 Å². The summed E-state index contributed by atoms with van der Waals surface area (Å²) in [6.07, 6.45) is 3.91. The highest BCUT2D eigenvalue weighted by molar-refractivity contribution is 14.0. The van der Waals surface area contributed by atoms with E-state index in [0.29, 0.717) is 6.04 Å². The Bertz CT molecular complexity index is 389. The molecule has 0 saturated carbocycles. The number of piperidine rings is 1. The summed E-state index contributed by atoms with van der Waals surface area (Å²) in [7, 11) is 4.07. The average Bonchev–Trinajstić information content (AvgIpc) is 2.63. The first-order valence-electron chi connectivity index (χ1n) is 10.2. The largest absolute Gasteiger partial charge is 0.356 e. The second kappa shape index (κ2) is 13.1. The maximum absolute atomic E-state index is 4.37. The van der Waals surface area contributed by atoms with E-state index in [9.17, 15) is 0 Å². The van der Waals surface area contributed by atoms with Crippen LogP contribution in [0.4, 0.5) is 0 Å². The summed E-state index contributed by atoms with van der Waals surface area (Å²) in [6, 6.07) is 0.544. The minimum atomic E-state index is 0. The molecule has 7 heteroatoms. The summed E-state index contributed by atoms with van der Waals surface area (Å²) in [5.74, 6) is 1.85. The van der Waals surface area contributed by atoms with Crippen LogP contribution in [0.25, 0.3) is 0 Å². The lowest BCUT2D eigenvalue weighted by atomic mass is 9.99. The molecule has 2 N–H and O–H groups in total. The highest BCUT2D eigenvalue weighted by Crippen LogP contribution is 2.15. The van der Waals surface area contributed by atoms with Crippen LogP contribution in [-0.2, 0) is 0 Å². The number of likely N-dealkylation sites (N-methyl/N-ethyl adjacent to an activating group) is 1. The van der Waals surface area contributed by atoms with Crippen molar-refractivity contribution in [3.05, 3.63) is 0 Å². The van der Waals surface area contributed by atoms with Gasteiger partial charge in [-0.15, -0.1) is 24.0 Å². The molecule has 0 amide bonds. The van der Waals surface area contributed by atoms with Gasteiger partial charge in [0.1, 0.15) is 0 Å². The van der Waals surface area contributed by atoms with E-state index in [1.54, 1.807) is 0 Å². The molecule has 0 bridgehead atoms. The van der Waals surface area contributed by atoms with Gasteiger partial charge in [-0.05, 0) is 58.8 Å². The number of halogens is 1. The Morgan fingerprint density at radius 3 is 2.35 bits per heavy atom. The van der Waals surface area contributed by atoms with Gasteiger partial charge in [-0.25, -0.2) is 0 Å². The number of nitrogens with one attached hydrogen (secondary N) is 2. The molecule has 1 atom stereocenters. The Hall–Kier alpha value is -0.120. The van der Waals surface area contributed by atoms with Crippen LogP contribution in [0.15, 0.2) is 4.99 Å². The first kappa shape index (κ1) is 23.9. The van der Waals surface area contributed by atoms with E-state index >= 15 is 0 Å². The van der Waals surface area contributed by atoms with Crippen molar-refractivity contribution < 1.29 is 0 Å². The van der Waals surface area contributed by atoms with E-state index in [1.807, 2.05) is 7.05 Å². The molecular formula is C19H41IN6. The normalized spacial score (nSPS) is 22.7. The molecule has 26 heavy (non-hydrogen) atoms. The lowest BCUT2D eigenvalue weighted by Gasteiger charge is -2.36. The highest BCUT2D eigenvalue weighted by Gasteiger charge is 2.19. The number of guanidine groups is 1. The third-order valence-electron chi connectivity index (χ3n) is 5.77. The molecule has 0 radical (unpaired) electrons. The topological polar surface area (TPSA) is 46.1 Å². The van der Waals surface area contributed by atoms with E-state index < -0.39 is 0 Å². The van der Waals surface area contributed by atoms with Gasteiger partial charge in [-0.2, -0.15) is 0 Å². The van der Waals surface area contributed by atoms with Crippen molar-refractivity contribution in [3.63, 3.8) is 0 Å². The highest BCUT2D eigenvalue weighted by atomic mass is 127. The lowest BCUT2D eigenvalue weighted by Crippen LogP contribution is -2.52. The average molecular weight is 480 g/mol. The number of nitrogens with zero attached hydrogens (tertiary/aromatic N) is 4. The maximum atomic E-state index is 4.37. The molecule has 0 aromatic rings. The van der Waals surface area contributed by atoms with Gasteiger partial charge in [0.15, 0.2) is 5.96 Å². The van der Waals surface area contributed by atoms with Crippen LogP contribution in [-0.4, -0.2) is 99.7 Å². The zero-order valence-electron chi connectivity index (χ0n) is 17.3. The first-order chi connectivity index (χ1) is 12.1. The molecule has 2 aliphatic heterocycles. The standard InChI is InChI=1S/C19H40N6.HI/c1-17-6-10-24(11-7-17)9-5-8-21-19(20-3)22-16-18(2)25-14-12-23(4)13-15-25;/h17-18H,5-16H2,1-4H3,(H2,20,21,22);1H. The van der Waals surface area contributed by atoms with E-state index in [4.69, 9.17) is 0 Å². The first-order valence-corrected chi connectivity index (χ1v) is 10.2. The lowest BCUT2D eigenvalue weighted by molar-refractivity contribution is 0.120. The number of likely N-dealkylation sites (tertiary alicyclic amines) is 1. The maximum Gasteiger partial charge on any atom is 0.191 e. The summed E-state index contributed by atoms with van der Waals surface area (Å²) < 4.78 is 0. The third-order valence-corrected chi connectivity index (χ3v) is 5.77. The molecule has 0 aliphatic carbocycles. The summed E-state index contributed by atoms with van der Waals surface area (Å²) in [4.78, 5) is 11.9. The van der Waals surface area contributed by atoms with Crippen LogP contribution >= 0.6 is 24.0 Å². The monoisotopic (exact) mass is 480 g/mol. The number of aliphatic imine (C=N–C) groups is 1. The van der Waals surface area contributed by atoms with E-state index in [2.05, 4.69) is 51.2 Å². The fourth-order valence-electron chi connectivity index (χ4n) is 3.65. The van der Waals surface area contributed by atoms with Crippen LogP contribution < -0.4 is 10.6 Å². The van der Waals surface area contributed by atoms with E-state index in [1.165, 1.54) is 65.1 Å². The molecule has 1 unspecified atom stereocenters. The number of rotatable bonds is 7. The Balaban J connectivity index is 0.00000338. The van der Waals surface area contributed by atoms with Gasteiger partial charge in [0.2, 0.25) is 0 Å². The third kappa shape index (κ3) is 8.71. The number of hydrogen-bond donors (Lipinski definition) is 2. The Morgan fingerprint density at radius 1 is 1.08 bits per heavy atom. The van der Waals surface area contributed by atoms with Gasteiger partial charge < -0.3 is 20.4 Å². The van der Waals surface area contributed by atoms with Gasteiger partial charge in [0.25, 0.3) is 0 Å². The molecule has 2 aliphatic rings. The van der Waals surface area contributed by atoms with Gasteiger partial charge in [0, 0.05) is 52.4 Å². The van der Waals surface area contributed by atoms with Crippen LogP contribution in [0, 0.1) is 5.92 Å². The predicted octanol–water partition coefficient (Wildman–Crippen LogP) is 1.53. The van der Waals surface area contributed by atoms with Gasteiger partial charge >= 0.3 is 0 Å². The number of hydrogen-bond acceptors (Lipinski definition) is 4. The van der Waals surface area contributed by atoms with Crippen molar-refractivity contribution in [1.82, 2.24) is 25.3 Å². The SMILES string of the molecule is CN=C(NCCCN1CCC(C)CC1)NCC(C)N1CCN(C)CC1.I. The molecule has 2 saturated heterocycles. The second-order valence-corrected chi connectivity index (χ2v) is 7.95. The van der Waals surface area contributed by atoms with Crippen LogP contribution in [0.1, 0.15) is 33.1 Å². The minimum absolute atomic E-state index is 0. The van der Waals surface area contributed by atoms with E-state index in [0.717, 1.165) is 25.0 Å². The van der Waals surface area contributed by atoms with Gasteiger partial charge in [-0.1, -0.05) is 6.92 Å². The molecule has 0 aromatic carbocycles. The van der Waals surface area contributed by atoms with Crippen LogP contribution in [0.2, 0.25) is 0 Å². The Morgan fingerprint density at radius 2 is 1.73 bits per heavy atom. The summed E-state index contributed by atoms with van der Waals surface area (Å²) in [5, 5.41) is 6.96. The van der Waals surface area contributed by atoms with Gasteiger partial charge in [0.05, 0.1) is 0 Å². The summed E-state index contributed by atoms with van der Waals surface area (Å²) in [5.41, 5.74) is 0. The smallest absolute Gasteiger partial charge is 0.191 e. The van der Waals surface area contributed by atoms with Gasteiger partial charge in [-0.3, -0.25) is 9.89 Å². The Labute approximate surface area is 178 Å². The van der Waals surface area contributed by atoms with Crippen molar-refractivity contribution in [2.24, 2.45) is 10.9 Å². The fraction of sp³-hybridized carbons (Fsp3) is 0.947. The molecule has 2 rings (SSSR count). The molecule has 2 heterocycles.